The Morgan fingerprint density at radius 2 is 2.12 bits per heavy atom. The quantitative estimate of drug-likeness (QED) is 0.737. The van der Waals surface area contributed by atoms with Gasteiger partial charge in [-0.2, -0.15) is 4.31 Å². The van der Waals surface area contributed by atoms with E-state index in [1.807, 2.05) is 0 Å². The number of hydrogen-bond donors (Lipinski definition) is 0. The van der Waals surface area contributed by atoms with E-state index in [1.54, 1.807) is 20.8 Å². The average molecular weight is 242 g/mol. The van der Waals surface area contributed by atoms with E-state index >= 15 is 0 Å². The zero-order chi connectivity index (χ0) is 12.3. The van der Waals surface area contributed by atoms with Gasteiger partial charge in [0.15, 0.2) is 5.76 Å². The summed E-state index contributed by atoms with van der Waals surface area (Å²) in [5.41, 5.74) is 0.355. The van der Waals surface area contributed by atoms with Gasteiger partial charge in [-0.15, -0.1) is 6.42 Å². The minimum absolute atomic E-state index is 0.0445. The molecular formula is C10H14N2O3S. The fraction of sp³-hybridized carbons (Fsp3) is 0.500. The zero-order valence-electron chi connectivity index (χ0n) is 9.52. The molecule has 0 aliphatic rings. The van der Waals surface area contributed by atoms with Crippen LogP contribution in [0, 0.1) is 26.2 Å². The maximum absolute atomic E-state index is 12.2. The average Bonchev–Trinajstić information content (AvgIpc) is 2.55. The predicted molar refractivity (Wildman–Crippen MR) is 59.2 cm³/mol. The van der Waals surface area contributed by atoms with E-state index in [9.17, 15) is 8.42 Å². The van der Waals surface area contributed by atoms with E-state index in [-0.39, 0.29) is 17.2 Å². The highest BCUT2D eigenvalue weighted by Crippen LogP contribution is 2.22. The molecule has 0 spiro atoms. The number of sulfonamides is 1. The Morgan fingerprint density at radius 1 is 1.50 bits per heavy atom. The van der Waals surface area contributed by atoms with E-state index in [1.165, 1.54) is 4.31 Å². The van der Waals surface area contributed by atoms with Gasteiger partial charge in [0.05, 0.1) is 6.54 Å². The highest BCUT2D eigenvalue weighted by atomic mass is 32.2. The minimum Gasteiger partial charge on any atom is -0.360 e. The Labute approximate surface area is 95.5 Å². The van der Waals surface area contributed by atoms with Crippen LogP contribution in [0.3, 0.4) is 0 Å². The van der Waals surface area contributed by atoms with Crippen LogP contribution >= 0.6 is 0 Å². The van der Waals surface area contributed by atoms with Crippen molar-refractivity contribution in [3.05, 3.63) is 11.5 Å². The predicted octanol–water partition coefficient (Wildman–Crippen LogP) is 0.935. The lowest BCUT2D eigenvalue weighted by Crippen LogP contribution is -2.31. The SMILES string of the molecule is C#CCN(CC)S(=O)(=O)c1c(C)noc1C. The topological polar surface area (TPSA) is 63.4 Å². The molecule has 0 radical (unpaired) electrons. The van der Waals surface area contributed by atoms with Crippen molar-refractivity contribution < 1.29 is 12.9 Å². The van der Waals surface area contributed by atoms with Gasteiger partial charge >= 0.3 is 0 Å². The maximum atomic E-state index is 12.2. The molecule has 1 aromatic rings. The van der Waals surface area contributed by atoms with E-state index in [0.717, 1.165) is 0 Å². The second kappa shape index (κ2) is 4.68. The first kappa shape index (κ1) is 12.7. The first-order chi connectivity index (χ1) is 7.45. The van der Waals surface area contributed by atoms with Gasteiger partial charge in [0.1, 0.15) is 10.6 Å². The number of nitrogens with zero attached hydrogens (tertiary/aromatic N) is 2. The molecule has 16 heavy (non-hydrogen) atoms. The van der Waals surface area contributed by atoms with E-state index < -0.39 is 10.0 Å². The third-order valence-corrected chi connectivity index (χ3v) is 4.35. The van der Waals surface area contributed by atoms with Gasteiger partial charge in [0, 0.05) is 6.54 Å². The molecule has 1 rings (SSSR count). The summed E-state index contributed by atoms with van der Waals surface area (Å²) >= 11 is 0. The summed E-state index contributed by atoms with van der Waals surface area (Å²) in [6, 6.07) is 0. The van der Waals surface area contributed by atoms with Crippen molar-refractivity contribution in [1.29, 1.82) is 0 Å². The number of terminal acetylenes is 1. The monoisotopic (exact) mass is 242 g/mol. The highest BCUT2D eigenvalue weighted by molar-refractivity contribution is 7.89. The third-order valence-electron chi connectivity index (χ3n) is 2.19. The molecule has 0 atom stereocenters. The third kappa shape index (κ3) is 2.10. The summed E-state index contributed by atoms with van der Waals surface area (Å²) in [4.78, 5) is 0.115. The van der Waals surface area contributed by atoms with Crippen molar-refractivity contribution in [1.82, 2.24) is 9.46 Å². The van der Waals surface area contributed by atoms with Crippen LogP contribution in [0.2, 0.25) is 0 Å². The van der Waals surface area contributed by atoms with Crippen LogP contribution in [0.15, 0.2) is 9.42 Å². The van der Waals surface area contributed by atoms with Gasteiger partial charge < -0.3 is 4.52 Å². The molecule has 0 saturated carbocycles. The van der Waals surface area contributed by atoms with Gasteiger partial charge in [0.25, 0.3) is 0 Å². The summed E-state index contributed by atoms with van der Waals surface area (Å²) in [7, 11) is -3.60. The van der Waals surface area contributed by atoms with Crippen LogP contribution in [-0.4, -0.2) is 31.0 Å². The Morgan fingerprint density at radius 3 is 2.50 bits per heavy atom. The van der Waals surface area contributed by atoms with E-state index in [2.05, 4.69) is 11.1 Å². The molecule has 0 amide bonds. The lowest BCUT2D eigenvalue weighted by molar-refractivity contribution is 0.389. The van der Waals surface area contributed by atoms with Crippen LogP contribution in [0.25, 0.3) is 0 Å². The first-order valence-electron chi connectivity index (χ1n) is 4.81. The maximum Gasteiger partial charge on any atom is 0.249 e. The normalized spacial score (nSPS) is 11.7. The van der Waals surface area contributed by atoms with Crippen molar-refractivity contribution in [3.63, 3.8) is 0 Å². The van der Waals surface area contributed by atoms with Crippen LogP contribution in [0.1, 0.15) is 18.4 Å². The molecule has 88 valence electrons. The van der Waals surface area contributed by atoms with Gasteiger partial charge in [-0.05, 0) is 13.8 Å². The van der Waals surface area contributed by atoms with E-state index in [4.69, 9.17) is 10.9 Å². The van der Waals surface area contributed by atoms with Crippen LogP contribution in [0.5, 0.6) is 0 Å². The molecule has 0 aliphatic carbocycles. The second-order valence-electron chi connectivity index (χ2n) is 3.29. The van der Waals surface area contributed by atoms with E-state index in [0.29, 0.717) is 12.2 Å². The van der Waals surface area contributed by atoms with Gasteiger partial charge in [-0.3, -0.25) is 0 Å². The van der Waals surface area contributed by atoms with Crippen LogP contribution < -0.4 is 0 Å². The second-order valence-corrected chi connectivity index (χ2v) is 5.16. The zero-order valence-corrected chi connectivity index (χ0v) is 10.3. The minimum atomic E-state index is -3.60. The number of aromatic nitrogens is 1. The summed E-state index contributed by atoms with van der Waals surface area (Å²) < 4.78 is 30.4. The fourth-order valence-corrected chi connectivity index (χ4v) is 3.09. The molecule has 5 nitrogen and oxygen atoms in total. The smallest absolute Gasteiger partial charge is 0.249 e. The molecule has 0 aromatic carbocycles. The van der Waals surface area contributed by atoms with Gasteiger partial charge in [-0.25, -0.2) is 8.42 Å². The molecule has 0 aliphatic heterocycles. The Hall–Kier alpha value is -1.32. The van der Waals surface area contributed by atoms with Crippen molar-refractivity contribution in [2.24, 2.45) is 0 Å². The highest BCUT2D eigenvalue weighted by Gasteiger charge is 2.29. The van der Waals surface area contributed by atoms with Crippen molar-refractivity contribution in [2.75, 3.05) is 13.1 Å². The summed E-state index contributed by atoms with van der Waals surface area (Å²) in [6.45, 7) is 5.25. The summed E-state index contributed by atoms with van der Waals surface area (Å²) in [6.07, 6.45) is 5.14. The lowest BCUT2D eigenvalue weighted by Gasteiger charge is -2.17. The molecule has 0 fully saturated rings. The van der Waals surface area contributed by atoms with Crippen molar-refractivity contribution >= 4 is 10.0 Å². The Kier molecular flexibility index (Phi) is 3.73. The van der Waals surface area contributed by atoms with Crippen LogP contribution in [0.4, 0.5) is 0 Å². The number of aryl methyl sites for hydroxylation is 2. The Bertz CT molecular complexity index is 491. The molecule has 0 bridgehead atoms. The molecular weight excluding hydrogens is 228 g/mol. The Balaban J connectivity index is 3.26. The van der Waals surface area contributed by atoms with Gasteiger partial charge in [-0.1, -0.05) is 18.0 Å². The lowest BCUT2D eigenvalue weighted by atomic mass is 10.4. The fourth-order valence-electron chi connectivity index (χ4n) is 1.44. The molecule has 1 aromatic heterocycles. The molecule has 6 heteroatoms. The molecule has 0 N–H and O–H groups in total. The molecule has 0 unspecified atom stereocenters. The number of hydrogen-bond acceptors (Lipinski definition) is 4. The molecule has 1 heterocycles. The van der Waals surface area contributed by atoms with Crippen molar-refractivity contribution in [2.45, 2.75) is 25.7 Å². The number of rotatable bonds is 4. The van der Waals surface area contributed by atoms with Crippen LogP contribution in [-0.2, 0) is 10.0 Å². The largest absolute Gasteiger partial charge is 0.360 e. The standard InChI is InChI=1S/C10H14N2O3S/c1-5-7-12(6-2)16(13,14)10-8(3)11-15-9(10)4/h1H,6-7H2,2-4H3. The summed E-state index contributed by atoms with van der Waals surface area (Å²) in [5.74, 6) is 2.61. The molecule has 0 saturated heterocycles. The van der Waals surface area contributed by atoms with Crippen molar-refractivity contribution in [3.8, 4) is 12.3 Å². The first-order valence-corrected chi connectivity index (χ1v) is 6.25. The summed E-state index contributed by atoms with van der Waals surface area (Å²) in [5, 5.41) is 3.63. The van der Waals surface area contributed by atoms with Gasteiger partial charge in [0.2, 0.25) is 10.0 Å².